The Labute approximate surface area is 285 Å². The highest BCUT2D eigenvalue weighted by Crippen LogP contribution is 2.36. The number of hydrogen-bond donors (Lipinski definition) is 4. The van der Waals surface area contributed by atoms with E-state index >= 15 is 4.79 Å². The molecule has 0 bridgehead atoms. The van der Waals surface area contributed by atoms with Gasteiger partial charge in [0.05, 0.1) is 31.1 Å². The van der Waals surface area contributed by atoms with Crippen LogP contribution >= 0.6 is 46.4 Å². The van der Waals surface area contributed by atoms with Gasteiger partial charge in [-0.15, -0.1) is 0 Å². The standard InChI is InChI=1S/C30H32Cl4N10O2/c1-14-22(35)3-5-43(14)29(41-27-16-7-18(31)20(33)9-24(16)37-12-39-27)26(46)30(11-45,44-6-4-23(36)15(44)2)42-28-17-8-19(32)21(34)10-25(17)38-13-40-28/h7-15,22-23,29H,3-6,35-36H2,1-2H3,(H,37,39,41)(H,38,40,42)/t14-,15-,22+,23+,29?,30?/m0/s1. The van der Waals surface area contributed by atoms with Gasteiger partial charge in [-0.3, -0.25) is 19.4 Å². The van der Waals surface area contributed by atoms with Crippen molar-refractivity contribution in [1.29, 1.82) is 0 Å². The summed E-state index contributed by atoms with van der Waals surface area (Å²) in [5, 5.41) is 8.76. The van der Waals surface area contributed by atoms with Crippen LogP contribution in [0.5, 0.6) is 0 Å². The molecule has 6 rings (SSSR count). The Hall–Kier alpha value is -2.94. The summed E-state index contributed by atoms with van der Waals surface area (Å²) in [4.78, 5) is 50.2. The van der Waals surface area contributed by atoms with Gasteiger partial charge in [-0.2, -0.15) is 0 Å². The van der Waals surface area contributed by atoms with Gasteiger partial charge in [0.25, 0.3) is 0 Å². The SMILES string of the molecule is C[C@H]1[C@H](N)CCN1C(Nc1ncnc2cc(Cl)c(Cl)cc12)C(=O)C(C=O)(Nc1ncnc2cc(Cl)c(Cl)cc12)N1CC[C@@H](N)[C@@H]1C. The van der Waals surface area contributed by atoms with Crippen molar-refractivity contribution in [3.05, 3.63) is 57.0 Å². The molecule has 2 aliphatic heterocycles. The molecule has 0 saturated carbocycles. The molecule has 2 fully saturated rings. The van der Waals surface area contributed by atoms with E-state index < -0.39 is 17.6 Å². The van der Waals surface area contributed by atoms with E-state index in [1.54, 1.807) is 29.2 Å². The van der Waals surface area contributed by atoms with E-state index in [1.165, 1.54) is 12.7 Å². The smallest absolute Gasteiger partial charge is 0.217 e. The minimum atomic E-state index is -1.95. The number of benzene rings is 2. The molecule has 16 heteroatoms. The van der Waals surface area contributed by atoms with Gasteiger partial charge >= 0.3 is 0 Å². The molecule has 2 unspecified atom stereocenters. The molecule has 2 aromatic carbocycles. The van der Waals surface area contributed by atoms with Crippen LogP contribution in [0.4, 0.5) is 11.6 Å². The molecule has 0 radical (unpaired) electrons. The van der Waals surface area contributed by atoms with Crippen molar-refractivity contribution in [2.45, 2.75) is 62.7 Å². The summed E-state index contributed by atoms with van der Waals surface area (Å²) in [5.74, 6) is 0.0352. The second-order valence-electron chi connectivity index (χ2n) is 11.7. The number of halogens is 4. The number of aromatic nitrogens is 4. The Morgan fingerprint density at radius 1 is 0.848 bits per heavy atom. The number of nitrogens with one attached hydrogen (secondary N) is 2. The molecule has 0 spiro atoms. The number of rotatable bonds is 9. The molecule has 0 aliphatic carbocycles. The van der Waals surface area contributed by atoms with Crippen LogP contribution in [-0.2, 0) is 9.59 Å². The number of fused-ring (bicyclic) bond motifs is 2. The lowest BCUT2D eigenvalue weighted by Crippen LogP contribution is -2.69. The highest BCUT2D eigenvalue weighted by atomic mass is 35.5. The monoisotopic (exact) mass is 704 g/mol. The van der Waals surface area contributed by atoms with Gasteiger partial charge < -0.3 is 22.1 Å². The van der Waals surface area contributed by atoms with E-state index in [0.29, 0.717) is 74.9 Å². The summed E-state index contributed by atoms with van der Waals surface area (Å²) >= 11 is 25.3. The molecule has 46 heavy (non-hydrogen) atoms. The van der Waals surface area contributed by atoms with Gasteiger partial charge in [0.1, 0.15) is 30.5 Å². The zero-order chi connectivity index (χ0) is 32.9. The van der Waals surface area contributed by atoms with Gasteiger partial charge in [0.2, 0.25) is 11.4 Å². The maximum absolute atomic E-state index is 15.3. The maximum Gasteiger partial charge on any atom is 0.217 e. The largest absolute Gasteiger partial charge is 0.347 e. The van der Waals surface area contributed by atoms with Crippen LogP contribution in [0.25, 0.3) is 21.8 Å². The maximum atomic E-state index is 15.3. The zero-order valence-electron chi connectivity index (χ0n) is 24.9. The normalized spacial score (nSPS) is 24.3. The number of nitrogens with two attached hydrogens (primary N) is 2. The van der Waals surface area contributed by atoms with Crippen molar-refractivity contribution in [2.24, 2.45) is 11.5 Å². The van der Waals surface area contributed by atoms with Gasteiger partial charge in [0.15, 0.2) is 6.29 Å². The average molecular weight is 706 g/mol. The number of Topliss-reactive ketones (excluding diaryl/α,β-unsaturated/α-hetero) is 1. The molecule has 242 valence electrons. The number of carbonyl (C=O) groups excluding carboxylic acids is 2. The number of ketones is 1. The van der Waals surface area contributed by atoms with Gasteiger partial charge in [-0.05, 0) is 51.0 Å². The second kappa shape index (κ2) is 12.9. The Bertz CT molecular complexity index is 1830. The third-order valence-corrected chi connectivity index (χ3v) is 10.6. The number of hydrogen-bond acceptors (Lipinski definition) is 12. The molecule has 4 heterocycles. The second-order valence-corrected chi connectivity index (χ2v) is 13.4. The summed E-state index contributed by atoms with van der Waals surface area (Å²) in [6.45, 7) is 4.68. The number of anilines is 2. The molecule has 6 atom stereocenters. The zero-order valence-corrected chi connectivity index (χ0v) is 27.9. The fourth-order valence-electron chi connectivity index (χ4n) is 6.38. The van der Waals surface area contributed by atoms with Crippen LogP contribution < -0.4 is 22.1 Å². The molecule has 2 aliphatic rings. The van der Waals surface area contributed by atoms with Crippen LogP contribution in [0.15, 0.2) is 36.9 Å². The molecule has 2 aromatic heterocycles. The van der Waals surface area contributed by atoms with Gasteiger partial charge in [0, 0.05) is 48.0 Å². The molecule has 4 aromatic rings. The summed E-state index contributed by atoms with van der Waals surface area (Å²) in [5.41, 5.74) is 12.0. The summed E-state index contributed by atoms with van der Waals surface area (Å²) in [6, 6.07) is 5.38. The van der Waals surface area contributed by atoms with Crippen molar-refractivity contribution in [3.63, 3.8) is 0 Å². The Balaban J connectivity index is 1.51. The molecule has 6 N–H and O–H groups in total. The lowest BCUT2D eigenvalue weighted by atomic mass is 9.97. The van der Waals surface area contributed by atoms with E-state index in [2.05, 4.69) is 30.6 Å². The summed E-state index contributed by atoms with van der Waals surface area (Å²) in [6.07, 6.45) is 3.41. The number of aldehydes is 1. The third-order valence-electron chi connectivity index (χ3n) is 9.19. The lowest BCUT2D eigenvalue weighted by molar-refractivity contribution is -0.140. The number of likely N-dealkylation sites (tertiary alicyclic amines) is 2. The fraction of sp³-hybridized carbons (Fsp3) is 0.400. The van der Waals surface area contributed by atoms with Crippen molar-refractivity contribution in [1.82, 2.24) is 29.7 Å². The summed E-state index contributed by atoms with van der Waals surface area (Å²) in [7, 11) is 0. The first-order valence-corrected chi connectivity index (χ1v) is 16.2. The minimum absolute atomic E-state index is 0.206. The van der Waals surface area contributed by atoms with Crippen LogP contribution in [0.3, 0.4) is 0 Å². The number of nitrogens with zero attached hydrogens (tertiary/aromatic N) is 6. The minimum Gasteiger partial charge on any atom is -0.347 e. The van der Waals surface area contributed by atoms with Crippen LogP contribution in [0.2, 0.25) is 20.1 Å². The van der Waals surface area contributed by atoms with E-state index in [1.807, 2.05) is 18.7 Å². The first-order valence-electron chi connectivity index (χ1n) is 14.7. The van der Waals surface area contributed by atoms with Crippen LogP contribution in [0.1, 0.15) is 26.7 Å². The molecule has 2 saturated heterocycles. The molecular weight excluding hydrogens is 674 g/mol. The fourth-order valence-corrected chi connectivity index (χ4v) is 7.02. The van der Waals surface area contributed by atoms with Crippen LogP contribution in [0, 0.1) is 0 Å². The molecule has 12 nitrogen and oxygen atoms in total. The lowest BCUT2D eigenvalue weighted by Gasteiger charge is -2.44. The van der Waals surface area contributed by atoms with E-state index in [9.17, 15) is 4.79 Å². The van der Waals surface area contributed by atoms with E-state index in [0.717, 1.165) is 0 Å². The predicted molar refractivity (Wildman–Crippen MR) is 181 cm³/mol. The third kappa shape index (κ3) is 5.75. The highest BCUT2D eigenvalue weighted by molar-refractivity contribution is 6.43. The topological polar surface area (TPSA) is 168 Å². The van der Waals surface area contributed by atoms with Crippen molar-refractivity contribution >= 4 is 91.9 Å². The first kappa shape index (κ1) is 33.0. The number of carbonyl (C=O) groups is 2. The first-order chi connectivity index (χ1) is 21.9. The van der Waals surface area contributed by atoms with Crippen LogP contribution in [-0.4, -0.2) is 90.9 Å². The van der Waals surface area contributed by atoms with Crippen molar-refractivity contribution in [3.8, 4) is 0 Å². The Morgan fingerprint density at radius 2 is 1.37 bits per heavy atom. The predicted octanol–water partition coefficient (Wildman–Crippen LogP) is 4.34. The van der Waals surface area contributed by atoms with Gasteiger partial charge in [-0.1, -0.05) is 46.4 Å². The molecular formula is C30H32Cl4N10O2. The molecule has 0 amide bonds. The van der Waals surface area contributed by atoms with Crippen molar-refractivity contribution in [2.75, 3.05) is 23.7 Å². The summed E-state index contributed by atoms with van der Waals surface area (Å²) < 4.78 is 0. The van der Waals surface area contributed by atoms with Crippen molar-refractivity contribution < 1.29 is 9.59 Å². The Morgan fingerprint density at radius 3 is 1.89 bits per heavy atom. The highest BCUT2D eigenvalue weighted by Gasteiger charge is 2.54. The average Bonchev–Trinajstić information content (AvgIpc) is 3.55. The quantitative estimate of drug-likeness (QED) is 0.144. The van der Waals surface area contributed by atoms with E-state index in [4.69, 9.17) is 57.9 Å². The van der Waals surface area contributed by atoms with E-state index in [-0.39, 0.29) is 35.0 Å². The Kier molecular flexibility index (Phi) is 9.27. The van der Waals surface area contributed by atoms with Gasteiger partial charge in [-0.25, -0.2) is 19.9 Å².